The molecule has 1 aromatic carbocycles. The van der Waals surface area contributed by atoms with Crippen molar-refractivity contribution < 1.29 is 9.53 Å². The lowest BCUT2D eigenvalue weighted by molar-refractivity contribution is 0.0955. The van der Waals surface area contributed by atoms with Gasteiger partial charge in [-0.3, -0.25) is 4.79 Å². The first-order valence-corrected chi connectivity index (χ1v) is 6.97. The van der Waals surface area contributed by atoms with Crippen molar-refractivity contribution in [2.75, 3.05) is 7.11 Å². The molecule has 0 radical (unpaired) electrons. The topological polar surface area (TPSA) is 38.3 Å². The van der Waals surface area contributed by atoms with Crippen molar-refractivity contribution >= 4 is 33.2 Å². The van der Waals surface area contributed by atoms with Crippen LogP contribution >= 0.6 is 27.3 Å². The zero-order valence-corrected chi connectivity index (χ0v) is 12.2. The van der Waals surface area contributed by atoms with Crippen LogP contribution in [0.25, 0.3) is 0 Å². The summed E-state index contributed by atoms with van der Waals surface area (Å²) in [7, 11) is 1.62. The predicted molar refractivity (Wildman–Crippen MR) is 76.2 cm³/mol. The fourth-order valence-electron chi connectivity index (χ4n) is 1.55. The lowest BCUT2D eigenvalue weighted by Crippen LogP contribution is -2.22. The number of nitrogens with one attached hydrogen (secondary N) is 1. The highest BCUT2D eigenvalue weighted by Gasteiger charge is 2.09. The summed E-state index contributed by atoms with van der Waals surface area (Å²) in [4.78, 5) is 12.6. The number of rotatable bonds is 4. The molecule has 5 heteroatoms. The van der Waals surface area contributed by atoms with Crippen LogP contribution < -0.4 is 10.1 Å². The highest BCUT2D eigenvalue weighted by molar-refractivity contribution is 9.11. The van der Waals surface area contributed by atoms with E-state index in [9.17, 15) is 4.79 Å². The molecule has 1 aromatic heterocycles. The molecule has 94 valence electrons. The van der Waals surface area contributed by atoms with Crippen LogP contribution in [0.1, 0.15) is 15.2 Å². The van der Waals surface area contributed by atoms with Crippen LogP contribution in [0.4, 0.5) is 0 Å². The Hall–Kier alpha value is -1.33. The van der Waals surface area contributed by atoms with Crippen molar-refractivity contribution in [2.45, 2.75) is 6.54 Å². The molecule has 0 saturated heterocycles. The van der Waals surface area contributed by atoms with Gasteiger partial charge in [-0.25, -0.2) is 0 Å². The van der Waals surface area contributed by atoms with Gasteiger partial charge in [-0.05, 0) is 34.1 Å². The highest BCUT2D eigenvalue weighted by Crippen LogP contribution is 2.22. The molecule has 0 aliphatic heterocycles. The maximum Gasteiger partial charge on any atom is 0.261 e. The van der Waals surface area contributed by atoms with Crippen molar-refractivity contribution in [1.82, 2.24) is 5.32 Å². The van der Waals surface area contributed by atoms with Crippen LogP contribution in [0.2, 0.25) is 0 Å². The second-order valence-electron chi connectivity index (χ2n) is 3.60. The van der Waals surface area contributed by atoms with Gasteiger partial charge in [0.2, 0.25) is 0 Å². The highest BCUT2D eigenvalue weighted by atomic mass is 79.9. The number of thiophene rings is 1. The molecule has 18 heavy (non-hydrogen) atoms. The average molecular weight is 326 g/mol. The molecule has 0 bridgehead atoms. The number of para-hydroxylation sites is 1. The van der Waals surface area contributed by atoms with Gasteiger partial charge in [0.15, 0.2) is 0 Å². The van der Waals surface area contributed by atoms with E-state index < -0.39 is 0 Å². The molecule has 0 saturated carbocycles. The number of halogens is 1. The van der Waals surface area contributed by atoms with Gasteiger partial charge < -0.3 is 10.1 Å². The zero-order valence-electron chi connectivity index (χ0n) is 9.77. The molecule has 0 unspecified atom stereocenters. The summed E-state index contributed by atoms with van der Waals surface area (Å²) in [6.45, 7) is 0.457. The summed E-state index contributed by atoms with van der Waals surface area (Å²) < 4.78 is 6.18. The van der Waals surface area contributed by atoms with Crippen LogP contribution in [0.5, 0.6) is 5.75 Å². The van der Waals surface area contributed by atoms with Crippen molar-refractivity contribution in [1.29, 1.82) is 0 Å². The summed E-state index contributed by atoms with van der Waals surface area (Å²) in [5, 5.41) is 2.87. The van der Waals surface area contributed by atoms with Crippen LogP contribution in [-0.4, -0.2) is 13.0 Å². The third kappa shape index (κ3) is 3.11. The second kappa shape index (κ2) is 6.02. The molecule has 2 aromatic rings. The molecule has 1 amide bonds. The van der Waals surface area contributed by atoms with Crippen molar-refractivity contribution in [3.05, 3.63) is 50.6 Å². The van der Waals surface area contributed by atoms with E-state index in [0.29, 0.717) is 11.4 Å². The lowest BCUT2D eigenvalue weighted by Gasteiger charge is -2.08. The number of ether oxygens (including phenoxy) is 1. The van der Waals surface area contributed by atoms with Gasteiger partial charge in [0.1, 0.15) is 5.75 Å². The SMILES string of the molecule is COc1ccccc1CNC(=O)c1ccc(Br)s1. The van der Waals surface area contributed by atoms with Crippen molar-refractivity contribution in [3.8, 4) is 5.75 Å². The Bertz CT molecular complexity index is 553. The number of amides is 1. The number of methoxy groups -OCH3 is 1. The minimum absolute atomic E-state index is 0.0726. The van der Waals surface area contributed by atoms with Gasteiger partial charge in [-0.1, -0.05) is 18.2 Å². The second-order valence-corrected chi connectivity index (χ2v) is 6.06. The molecule has 0 aliphatic carbocycles. The fourth-order valence-corrected chi connectivity index (χ4v) is 2.85. The molecule has 1 heterocycles. The Morgan fingerprint density at radius 1 is 1.33 bits per heavy atom. The minimum Gasteiger partial charge on any atom is -0.496 e. The van der Waals surface area contributed by atoms with Gasteiger partial charge in [0, 0.05) is 12.1 Å². The van der Waals surface area contributed by atoms with E-state index in [4.69, 9.17) is 4.74 Å². The van der Waals surface area contributed by atoms with Gasteiger partial charge in [-0.15, -0.1) is 11.3 Å². The molecule has 3 nitrogen and oxygen atoms in total. The molecule has 0 spiro atoms. The monoisotopic (exact) mass is 325 g/mol. The van der Waals surface area contributed by atoms with Crippen LogP contribution in [0.3, 0.4) is 0 Å². The molecule has 2 rings (SSSR count). The molecule has 0 fully saturated rings. The summed E-state index contributed by atoms with van der Waals surface area (Å²) in [5.41, 5.74) is 0.962. The quantitative estimate of drug-likeness (QED) is 0.935. The van der Waals surface area contributed by atoms with E-state index in [1.807, 2.05) is 30.3 Å². The molecule has 0 aliphatic rings. The summed E-state index contributed by atoms with van der Waals surface area (Å²) in [5.74, 6) is 0.710. The number of hydrogen-bond acceptors (Lipinski definition) is 3. The summed E-state index contributed by atoms with van der Waals surface area (Å²) in [6, 6.07) is 11.3. The Labute approximate surface area is 118 Å². The molecule has 0 atom stereocenters. The first-order chi connectivity index (χ1) is 8.70. The summed E-state index contributed by atoms with van der Waals surface area (Å²) in [6.07, 6.45) is 0. The first-order valence-electron chi connectivity index (χ1n) is 5.36. The standard InChI is InChI=1S/C13H12BrNO2S/c1-17-10-5-3-2-4-9(10)8-15-13(16)11-6-7-12(14)18-11/h2-7H,8H2,1H3,(H,15,16). The predicted octanol–water partition coefficient (Wildman–Crippen LogP) is 3.45. The number of hydrogen-bond donors (Lipinski definition) is 1. The largest absolute Gasteiger partial charge is 0.496 e. The fraction of sp³-hybridized carbons (Fsp3) is 0.154. The number of carbonyl (C=O) groups excluding carboxylic acids is 1. The van der Waals surface area contributed by atoms with E-state index >= 15 is 0 Å². The minimum atomic E-state index is -0.0726. The Kier molecular flexibility index (Phi) is 4.38. The normalized spacial score (nSPS) is 10.1. The van der Waals surface area contributed by atoms with Gasteiger partial charge in [-0.2, -0.15) is 0 Å². The van der Waals surface area contributed by atoms with Gasteiger partial charge >= 0.3 is 0 Å². The number of carbonyl (C=O) groups is 1. The molecule has 1 N–H and O–H groups in total. The van der Waals surface area contributed by atoms with Crippen LogP contribution in [-0.2, 0) is 6.54 Å². The lowest BCUT2D eigenvalue weighted by atomic mass is 10.2. The zero-order chi connectivity index (χ0) is 13.0. The molecular formula is C13H12BrNO2S. The maximum absolute atomic E-state index is 11.9. The van der Waals surface area contributed by atoms with Crippen LogP contribution in [0.15, 0.2) is 40.2 Å². The summed E-state index contributed by atoms with van der Waals surface area (Å²) >= 11 is 4.75. The van der Waals surface area contributed by atoms with E-state index in [1.54, 1.807) is 13.2 Å². The maximum atomic E-state index is 11.9. The first kappa shape index (κ1) is 13.1. The Morgan fingerprint density at radius 2 is 2.11 bits per heavy atom. The third-order valence-corrected chi connectivity index (χ3v) is 4.05. The van der Waals surface area contributed by atoms with E-state index in [1.165, 1.54) is 11.3 Å². The average Bonchev–Trinajstić information content (AvgIpc) is 2.83. The van der Waals surface area contributed by atoms with Crippen molar-refractivity contribution in [2.24, 2.45) is 0 Å². The van der Waals surface area contributed by atoms with E-state index in [2.05, 4.69) is 21.2 Å². The number of benzene rings is 1. The van der Waals surface area contributed by atoms with Gasteiger partial charge in [0.05, 0.1) is 15.8 Å². The van der Waals surface area contributed by atoms with E-state index in [-0.39, 0.29) is 5.91 Å². The smallest absolute Gasteiger partial charge is 0.261 e. The van der Waals surface area contributed by atoms with E-state index in [0.717, 1.165) is 15.1 Å². The third-order valence-electron chi connectivity index (χ3n) is 2.43. The Morgan fingerprint density at radius 3 is 2.78 bits per heavy atom. The molecular weight excluding hydrogens is 314 g/mol. The van der Waals surface area contributed by atoms with Crippen molar-refractivity contribution in [3.63, 3.8) is 0 Å². The van der Waals surface area contributed by atoms with Crippen LogP contribution in [0, 0.1) is 0 Å². The Balaban J connectivity index is 2.01. The van der Waals surface area contributed by atoms with Gasteiger partial charge in [0.25, 0.3) is 5.91 Å².